The lowest BCUT2D eigenvalue weighted by Gasteiger charge is -2.29. The minimum absolute atomic E-state index is 0.0888. The molecule has 3 aromatic rings. The van der Waals surface area contributed by atoms with Crippen LogP contribution < -0.4 is 15.0 Å². The van der Waals surface area contributed by atoms with E-state index in [1.165, 1.54) is 0 Å². The Balaban J connectivity index is 1.39. The van der Waals surface area contributed by atoms with Crippen molar-refractivity contribution < 1.29 is 14.3 Å². The Kier molecular flexibility index (Phi) is 5.42. The topological polar surface area (TPSA) is 102 Å². The molecule has 9 nitrogen and oxygen atoms in total. The third-order valence-corrected chi connectivity index (χ3v) is 4.94. The molecule has 154 valence electrons. The van der Waals surface area contributed by atoms with Gasteiger partial charge in [0, 0.05) is 18.5 Å². The van der Waals surface area contributed by atoms with Gasteiger partial charge in [-0.05, 0) is 54.1 Å². The number of aryl methyl sites for hydroxylation is 2. The van der Waals surface area contributed by atoms with Crippen LogP contribution in [-0.4, -0.2) is 45.2 Å². The Bertz CT molecular complexity index is 1090. The number of hydrogen-bond acceptors (Lipinski definition) is 6. The number of anilines is 2. The second-order valence-corrected chi connectivity index (χ2v) is 7.05. The van der Waals surface area contributed by atoms with E-state index in [0.29, 0.717) is 30.4 Å². The number of nitrogens with one attached hydrogen (secondary N) is 1. The zero-order chi connectivity index (χ0) is 21.1. The van der Waals surface area contributed by atoms with Gasteiger partial charge >= 0.3 is 0 Å². The van der Waals surface area contributed by atoms with Crippen molar-refractivity contribution in [1.29, 1.82) is 0 Å². The first kappa shape index (κ1) is 19.6. The second-order valence-electron chi connectivity index (χ2n) is 7.05. The van der Waals surface area contributed by atoms with E-state index in [0.717, 1.165) is 16.9 Å². The molecule has 0 fully saturated rings. The molecule has 0 radical (unpaired) electrons. The van der Waals surface area contributed by atoms with Crippen LogP contribution in [0, 0.1) is 13.8 Å². The number of carbonyl (C=O) groups is 2. The molecule has 1 aliphatic rings. The van der Waals surface area contributed by atoms with Crippen LogP contribution in [0.25, 0.3) is 5.69 Å². The number of aromatic nitrogens is 4. The van der Waals surface area contributed by atoms with Crippen molar-refractivity contribution >= 4 is 23.2 Å². The van der Waals surface area contributed by atoms with Gasteiger partial charge in [-0.2, -0.15) is 4.68 Å². The van der Waals surface area contributed by atoms with E-state index in [2.05, 4.69) is 20.8 Å². The second kappa shape index (κ2) is 8.32. The lowest BCUT2D eigenvalue weighted by Crippen LogP contribution is -2.38. The van der Waals surface area contributed by atoms with E-state index < -0.39 is 0 Å². The highest BCUT2D eigenvalue weighted by atomic mass is 16.5. The number of amides is 2. The van der Waals surface area contributed by atoms with E-state index in [9.17, 15) is 9.59 Å². The zero-order valence-corrected chi connectivity index (χ0v) is 16.8. The summed E-state index contributed by atoms with van der Waals surface area (Å²) in [5.41, 5.74) is 3.13. The molecule has 0 spiro atoms. The molecular formula is C21H22N6O3. The first-order valence-corrected chi connectivity index (χ1v) is 9.71. The lowest BCUT2D eigenvalue weighted by atomic mass is 10.1. The maximum atomic E-state index is 12.7. The van der Waals surface area contributed by atoms with Crippen LogP contribution in [-0.2, 0) is 9.59 Å². The summed E-state index contributed by atoms with van der Waals surface area (Å²) in [5, 5.41) is 14.4. The lowest BCUT2D eigenvalue weighted by molar-refractivity contribution is -0.122. The van der Waals surface area contributed by atoms with Gasteiger partial charge in [0.15, 0.2) is 5.82 Å². The number of benzene rings is 2. The number of tetrazole rings is 1. The van der Waals surface area contributed by atoms with Crippen LogP contribution in [0.4, 0.5) is 11.4 Å². The van der Waals surface area contributed by atoms with Crippen LogP contribution in [0.3, 0.4) is 0 Å². The Morgan fingerprint density at radius 1 is 1.10 bits per heavy atom. The maximum Gasteiger partial charge on any atom is 0.227 e. The summed E-state index contributed by atoms with van der Waals surface area (Å²) in [7, 11) is 0. The van der Waals surface area contributed by atoms with Gasteiger partial charge in [0.25, 0.3) is 0 Å². The normalized spacial score (nSPS) is 12.8. The third kappa shape index (κ3) is 4.00. The van der Waals surface area contributed by atoms with Crippen molar-refractivity contribution in [1.82, 2.24) is 20.2 Å². The Morgan fingerprint density at radius 2 is 1.93 bits per heavy atom. The van der Waals surface area contributed by atoms with Gasteiger partial charge in [-0.25, -0.2) is 0 Å². The number of carbonyl (C=O) groups excluding carboxylic acids is 2. The molecular weight excluding hydrogens is 384 g/mol. The predicted molar refractivity (Wildman–Crippen MR) is 111 cm³/mol. The van der Waals surface area contributed by atoms with Crippen molar-refractivity contribution in [2.45, 2.75) is 26.7 Å². The molecule has 1 aromatic heterocycles. The molecule has 0 bridgehead atoms. The average Bonchev–Trinajstić information content (AvgIpc) is 3.18. The summed E-state index contributed by atoms with van der Waals surface area (Å²) < 4.78 is 7.19. The molecule has 4 rings (SSSR count). The molecule has 0 aliphatic carbocycles. The molecule has 0 saturated heterocycles. The van der Waals surface area contributed by atoms with Gasteiger partial charge in [-0.1, -0.05) is 18.2 Å². The standard InChI is InChI=1S/C21H22N6O3/c1-14-7-8-16(13-18(14)27-15(2)23-24-25-27)22-20(28)9-10-21(29)26-11-12-30-19-6-4-3-5-17(19)26/h3-8,13H,9-12H2,1-2H3,(H,22,28). The van der Waals surface area contributed by atoms with E-state index in [4.69, 9.17) is 4.74 Å². The quantitative estimate of drug-likeness (QED) is 0.698. The number of ether oxygens (including phenoxy) is 1. The SMILES string of the molecule is Cc1ccc(NC(=O)CCC(=O)N2CCOc3ccccc32)cc1-n1nnnc1C. The molecule has 9 heteroatoms. The largest absolute Gasteiger partial charge is 0.490 e. The molecule has 1 aliphatic heterocycles. The molecule has 0 atom stereocenters. The molecule has 2 heterocycles. The number of rotatable bonds is 5. The van der Waals surface area contributed by atoms with Crippen LogP contribution in [0.15, 0.2) is 42.5 Å². The number of fused-ring (bicyclic) bond motifs is 1. The van der Waals surface area contributed by atoms with Crippen LogP contribution in [0.5, 0.6) is 5.75 Å². The summed E-state index contributed by atoms with van der Waals surface area (Å²) in [6.45, 7) is 4.67. The molecule has 1 N–H and O–H groups in total. The smallest absolute Gasteiger partial charge is 0.227 e. The van der Waals surface area contributed by atoms with Crippen molar-refractivity contribution in [2.24, 2.45) is 0 Å². The fourth-order valence-electron chi connectivity index (χ4n) is 3.38. The van der Waals surface area contributed by atoms with E-state index in [-0.39, 0.29) is 24.7 Å². The molecule has 30 heavy (non-hydrogen) atoms. The summed E-state index contributed by atoms with van der Waals surface area (Å²) in [4.78, 5) is 26.8. The first-order valence-electron chi connectivity index (χ1n) is 9.71. The van der Waals surface area contributed by atoms with Crippen molar-refractivity contribution in [3.8, 4) is 11.4 Å². The number of nitrogens with zero attached hydrogens (tertiary/aromatic N) is 5. The Morgan fingerprint density at radius 3 is 2.73 bits per heavy atom. The third-order valence-electron chi connectivity index (χ3n) is 4.94. The van der Waals surface area contributed by atoms with Crippen molar-refractivity contribution in [3.63, 3.8) is 0 Å². The van der Waals surface area contributed by atoms with E-state index in [1.54, 1.807) is 16.5 Å². The highest BCUT2D eigenvalue weighted by molar-refractivity contribution is 5.99. The van der Waals surface area contributed by atoms with Gasteiger partial charge in [0.1, 0.15) is 12.4 Å². The van der Waals surface area contributed by atoms with E-state index >= 15 is 0 Å². The maximum absolute atomic E-state index is 12.7. The molecule has 0 unspecified atom stereocenters. The molecule has 2 aromatic carbocycles. The Hall–Kier alpha value is -3.75. The monoisotopic (exact) mass is 406 g/mol. The summed E-state index contributed by atoms with van der Waals surface area (Å²) in [6.07, 6.45) is 0.205. The highest BCUT2D eigenvalue weighted by Gasteiger charge is 2.23. The van der Waals surface area contributed by atoms with Gasteiger partial charge in [0.2, 0.25) is 11.8 Å². The number of para-hydroxylation sites is 2. The fourth-order valence-corrected chi connectivity index (χ4v) is 3.38. The van der Waals surface area contributed by atoms with Crippen LogP contribution in [0.1, 0.15) is 24.2 Å². The first-order chi connectivity index (χ1) is 14.5. The fraction of sp³-hybridized carbons (Fsp3) is 0.286. The summed E-state index contributed by atoms with van der Waals surface area (Å²) in [6, 6.07) is 12.9. The molecule has 2 amide bonds. The van der Waals surface area contributed by atoms with E-state index in [1.807, 2.05) is 49.4 Å². The van der Waals surface area contributed by atoms with Gasteiger partial charge in [-0.15, -0.1) is 5.10 Å². The zero-order valence-electron chi connectivity index (χ0n) is 16.8. The summed E-state index contributed by atoms with van der Waals surface area (Å²) in [5.74, 6) is 1.01. The molecule has 0 saturated carbocycles. The Labute approximate surface area is 173 Å². The van der Waals surface area contributed by atoms with Crippen LogP contribution in [0.2, 0.25) is 0 Å². The minimum atomic E-state index is -0.229. The van der Waals surface area contributed by atoms with Gasteiger partial charge in [0.05, 0.1) is 17.9 Å². The average molecular weight is 406 g/mol. The van der Waals surface area contributed by atoms with Gasteiger partial charge in [-0.3, -0.25) is 9.59 Å². The minimum Gasteiger partial charge on any atom is -0.490 e. The van der Waals surface area contributed by atoms with Crippen molar-refractivity contribution in [3.05, 3.63) is 53.9 Å². The highest BCUT2D eigenvalue weighted by Crippen LogP contribution is 2.31. The van der Waals surface area contributed by atoms with Crippen LogP contribution >= 0.6 is 0 Å². The predicted octanol–water partition coefficient (Wildman–Crippen LogP) is 2.42. The summed E-state index contributed by atoms with van der Waals surface area (Å²) >= 11 is 0. The van der Waals surface area contributed by atoms with Gasteiger partial charge < -0.3 is 15.0 Å². The number of hydrogen-bond donors (Lipinski definition) is 1. The van der Waals surface area contributed by atoms with Crippen molar-refractivity contribution in [2.75, 3.05) is 23.4 Å².